The lowest BCUT2D eigenvalue weighted by Gasteiger charge is -2.34. The van der Waals surface area contributed by atoms with E-state index in [2.05, 4.69) is 15.6 Å². The molecular weight excluding hydrogens is 346 g/mol. The van der Waals surface area contributed by atoms with E-state index in [-0.39, 0.29) is 36.4 Å². The van der Waals surface area contributed by atoms with Gasteiger partial charge in [0.2, 0.25) is 11.8 Å². The second-order valence-electron chi connectivity index (χ2n) is 7.87. The van der Waals surface area contributed by atoms with Crippen LogP contribution in [0.3, 0.4) is 0 Å². The third kappa shape index (κ3) is 7.01. The zero-order valence-corrected chi connectivity index (χ0v) is 17.2. The second-order valence-corrected chi connectivity index (χ2v) is 7.87. The molecule has 2 saturated heterocycles. The Bertz CT molecular complexity index is 521. The van der Waals surface area contributed by atoms with Gasteiger partial charge in [0.1, 0.15) is 6.54 Å². The largest absolute Gasteiger partial charge is 0.376 e. The van der Waals surface area contributed by atoms with Crippen LogP contribution in [0.15, 0.2) is 4.99 Å². The van der Waals surface area contributed by atoms with E-state index in [1.807, 2.05) is 18.7 Å². The zero-order valence-electron chi connectivity index (χ0n) is 17.2. The van der Waals surface area contributed by atoms with E-state index in [0.717, 1.165) is 45.4 Å². The number of carbonyl (C=O) groups is 2. The number of rotatable bonds is 6. The monoisotopic (exact) mass is 381 g/mol. The Hall–Kier alpha value is -1.83. The first-order chi connectivity index (χ1) is 12.9. The Labute approximate surface area is 162 Å². The Morgan fingerprint density at radius 3 is 2.48 bits per heavy atom. The average molecular weight is 382 g/mol. The minimum Gasteiger partial charge on any atom is -0.376 e. The summed E-state index contributed by atoms with van der Waals surface area (Å²) < 4.78 is 5.66. The van der Waals surface area contributed by atoms with Gasteiger partial charge in [-0.25, -0.2) is 4.99 Å². The van der Waals surface area contributed by atoms with E-state index in [0.29, 0.717) is 12.5 Å². The fraction of sp³-hybridized carbons (Fsp3) is 0.842. The molecule has 1 unspecified atom stereocenters. The third-order valence-corrected chi connectivity index (χ3v) is 5.03. The van der Waals surface area contributed by atoms with Crippen molar-refractivity contribution in [3.05, 3.63) is 0 Å². The summed E-state index contributed by atoms with van der Waals surface area (Å²) in [5.74, 6) is 0.868. The van der Waals surface area contributed by atoms with Crippen LogP contribution in [0, 0.1) is 5.92 Å². The number of ether oxygens (including phenoxy) is 1. The fourth-order valence-electron chi connectivity index (χ4n) is 3.26. The maximum atomic E-state index is 12.1. The number of likely N-dealkylation sites (N-methyl/N-ethyl adjacent to an activating group) is 1. The third-order valence-electron chi connectivity index (χ3n) is 5.03. The molecular formula is C19H35N5O3. The quantitative estimate of drug-likeness (QED) is 0.515. The van der Waals surface area contributed by atoms with Crippen molar-refractivity contribution in [2.24, 2.45) is 10.9 Å². The van der Waals surface area contributed by atoms with Crippen LogP contribution in [0.25, 0.3) is 0 Å². The van der Waals surface area contributed by atoms with E-state index in [4.69, 9.17) is 4.74 Å². The van der Waals surface area contributed by atoms with E-state index in [9.17, 15) is 9.59 Å². The molecule has 27 heavy (non-hydrogen) atoms. The standard InChI is InChI=1S/C19H35N5O3/c1-14(2)18(26)24-9-7-15(8-10-24)22-19(21-13-17(25)23(3)4)20-12-16-6-5-11-27-16/h14-16H,5-13H2,1-4H3,(H2,20,21,22). The summed E-state index contributed by atoms with van der Waals surface area (Å²) in [7, 11) is 3.46. The first-order valence-corrected chi connectivity index (χ1v) is 10.0. The van der Waals surface area contributed by atoms with Crippen LogP contribution in [0.4, 0.5) is 0 Å². The van der Waals surface area contributed by atoms with Gasteiger partial charge in [0.15, 0.2) is 5.96 Å². The van der Waals surface area contributed by atoms with Gasteiger partial charge in [0.05, 0.1) is 6.10 Å². The van der Waals surface area contributed by atoms with Crippen molar-refractivity contribution in [2.45, 2.75) is 51.7 Å². The lowest BCUT2D eigenvalue weighted by Crippen LogP contribution is -2.51. The van der Waals surface area contributed by atoms with Crippen LogP contribution >= 0.6 is 0 Å². The van der Waals surface area contributed by atoms with Crippen molar-refractivity contribution in [2.75, 3.05) is 46.9 Å². The maximum absolute atomic E-state index is 12.1. The molecule has 0 saturated carbocycles. The lowest BCUT2D eigenvalue weighted by atomic mass is 10.0. The number of nitrogens with one attached hydrogen (secondary N) is 2. The number of piperidine rings is 1. The summed E-state index contributed by atoms with van der Waals surface area (Å²) in [4.78, 5) is 31.9. The van der Waals surface area contributed by atoms with Crippen molar-refractivity contribution in [3.63, 3.8) is 0 Å². The van der Waals surface area contributed by atoms with Gasteiger partial charge in [-0.15, -0.1) is 0 Å². The van der Waals surface area contributed by atoms with Gasteiger partial charge < -0.3 is 25.2 Å². The molecule has 8 nitrogen and oxygen atoms in total. The molecule has 0 aromatic carbocycles. The number of likely N-dealkylation sites (tertiary alicyclic amines) is 1. The molecule has 0 aromatic heterocycles. The highest BCUT2D eigenvalue weighted by molar-refractivity contribution is 5.85. The second kappa shape index (κ2) is 10.5. The average Bonchev–Trinajstić information content (AvgIpc) is 3.17. The maximum Gasteiger partial charge on any atom is 0.243 e. The van der Waals surface area contributed by atoms with Crippen molar-refractivity contribution in [3.8, 4) is 0 Å². The van der Waals surface area contributed by atoms with E-state index < -0.39 is 0 Å². The highest BCUT2D eigenvalue weighted by Crippen LogP contribution is 2.14. The summed E-state index contributed by atoms with van der Waals surface area (Å²) in [5, 5.41) is 6.76. The molecule has 2 N–H and O–H groups in total. The van der Waals surface area contributed by atoms with Crippen LogP contribution in [0.2, 0.25) is 0 Å². The number of hydrogen-bond donors (Lipinski definition) is 2. The fourth-order valence-corrected chi connectivity index (χ4v) is 3.26. The minimum atomic E-state index is -0.0365. The van der Waals surface area contributed by atoms with Gasteiger partial charge in [0.25, 0.3) is 0 Å². The molecule has 0 bridgehead atoms. The summed E-state index contributed by atoms with van der Waals surface area (Å²) in [6.07, 6.45) is 4.09. The van der Waals surface area contributed by atoms with Crippen LogP contribution < -0.4 is 10.6 Å². The number of amides is 2. The molecule has 1 atom stereocenters. The Morgan fingerprint density at radius 1 is 1.22 bits per heavy atom. The first-order valence-electron chi connectivity index (χ1n) is 10.0. The van der Waals surface area contributed by atoms with Crippen molar-refractivity contribution >= 4 is 17.8 Å². The molecule has 154 valence electrons. The SMILES string of the molecule is CC(C)C(=O)N1CCC(NC(=NCC(=O)N(C)C)NCC2CCCO2)CC1. The van der Waals surface area contributed by atoms with E-state index >= 15 is 0 Å². The number of aliphatic imine (C=N–C) groups is 1. The zero-order chi connectivity index (χ0) is 19.8. The van der Waals surface area contributed by atoms with E-state index in [1.54, 1.807) is 14.1 Å². The smallest absolute Gasteiger partial charge is 0.243 e. The number of carbonyl (C=O) groups excluding carboxylic acids is 2. The molecule has 2 fully saturated rings. The molecule has 0 aromatic rings. The summed E-state index contributed by atoms with van der Waals surface area (Å²) in [5.41, 5.74) is 0. The lowest BCUT2D eigenvalue weighted by molar-refractivity contribution is -0.135. The molecule has 8 heteroatoms. The van der Waals surface area contributed by atoms with Gasteiger partial charge in [-0.3, -0.25) is 9.59 Å². The summed E-state index contributed by atoms with van der Waals surface area (Å²) in [6.45, 7) is 7.00. The molecule has 2 rings (SSSR count). The van der Waals surface area contributed by atoms with Gasteiger partial charge in [-0.2, -0.15) is 0 Å². The van der Waals surface area contributed by atoms with Crippen LogP contribution in [0.1, 0.15) is 39.5 Å². The van der Waals surface area contributed by atoms with Crippen LogP contribution in [-0.2, 0) is 14.3 Å². The van der Waals surface area contributed by atoms with Crippen LogP contribution in [-0.4, -0.2) is 86.6 Å². The minimum absolute atomic E-state index is 0.0365. The Balaban J connectivity index is 1.87. The molecule has 2 amide bonds. The van der Waals surface area contributed by atoms with Crippen molar-refractivity contribution in [1.82, 2.24) is 20.4 Å². The van der Waals surface area contributed by atoms with E-state index in [1.165, 1.54) is 4.90 Å². The normalized spacial score (nSPS) is 21.4. The molecule has 2 aliphatic rings. The molecule has 0 spiro atoms. The highest BCUT2D eigenvalue weighted by Gasteiger charge is 2.25. The van der Waals surface area contributed by atoms with Gasteiger partial charge in [0, 0.05) is 52.3 Å². The van der Waals surface area contributed by atoms with Gasteiger partial charge in [-0.05, 0) is 25.7 Å². The molecule has 0 aliphatic carbocycles. The highest BCUT2D eigenvalue weighted by atomic mass is 16.5. The Kier molecular flexibility index (Phi) is 8.34. The predicted octanol–water partition coefficient (Wildman–Crippen LogP) is 0.436. The predicted molar refractivity (Wildman–Crippen MR) is 106 cm³/mol. The number of guanidine groups is 1. The van der Waals surface area contributed by atoms with Crippen molar-refractivity contribution in [1.29, 1.82) is 0 Å². The van der Waals surface area contributed by atoms with Crippen LogP contribution in [0.5, 0.6) is 0 Å². The Morgan fingerprint density at radius 2 is 1.93 bits per heavy atom. The molecule has 0 radical (unpaired) electrons. The number of hydrogen-bond acceptors (Lipinski definition) is 4. The molecule has 2 heterocycles. The van der Waals surface area contributed by atoms with Crippen molar-refractivity contribution < 1.29 is 14.3 Å². The topological polar surface area (TPSA) is 86.3 Å². The van der Waals surface area contributed by atoms with Gasteiger partial charge in [-0.1, -0.05) is 13.8 Å². The first kappa shape index (κ1) is 21.5. The summed E-state index contributed by atoms with van der Waals surface area (Å²) >= 11 is 0. The number of nitrogens with zero attached hydrogens (tertiary/aromatic N) is 3. The van der Waals surface area contributed by atoms with Gasteiger partial charge >= 0.3 is 0 Å². The summed E-state index contributed by atoms with van der Waals surface area (Å²) in [6, 6.07) is 0.242. The molecule has 2 aliphatic heterocycles.